The number of aliphatic carboxylic acids is 1. The normalized spacial score (nSPS) is 12.4. The fourth-order valence-electron chi connectivity index (χ4n) is 2.45. The number of methoxy groups -OCH3 is 1. The van der Waals surface area contributed by atoms with Gasteiger partial charge in [-0.1, -0.05) is 25.1 Å². The number of hydrogen-bond donors (Lipinski definition) is 1. The van der Waals surface area contributed by atoms with Crippen LogP contribution in [0.25, 0.3) is 10.8 Å². The van der Waals surface area contributed by atoms with Crippen molar-refractivity contribution in [1.29, 1.82) is 0 Å². The van der Waals surface area contributed by atoms with Crippen molar-refractivity contribution in [3.05, 3.63) is 41.5 Å². The quantitative estimate of drug-likeness (QED) is 0.911. The van der Waals surface area contributed by atoms with Crippen LogP contribution >= 0.6 is 0 Å². The van der Waals surface area contributed by atoms with Gasteiger partial charge in [0.1, 0.15) is 5.75 Å². The lowest BCUT2D eigenvalue weighted by Crippen LogP contribution is -2.10. The molecule has 0 spiro atoms. The molecule has 3 nitrogen and oxygen atoms in total. The Morgan fingerprint density at radius 2 is 2.05 bits per heavy atom. The van der Waals surface area contributed by atoms with Gasteiger partial charge in [0.2, 0.25) is 0 Å². The van der Waals surface area contributed by atoms with Gasteiger partial charge in [0.15, 0.2) is 0 Å². The summed E-state index contributed by atoms with van der Waals surface area (Å²) in [5.41, 5.74) is 2.00. The Morgan fingerprint density at radius 3 is 2.63 bits per heavy atom. The zero-order valence-corrected chi connectivity index (χ0v) is 11.4. The van der Waals surface area contributed by atoms with Crippen LogP contribution < -0.4 is 4.74 Å². The second-order valence-corrected chi connectivity index (χ2v) is 4.63. The Labute approximate surface area is 112 Å². The highest BCUT2D eigenvalue weighted by molar-refractivity contribution is 5.90. The molecule has 0 bridgehead atoms. The predicted molar refractivity (Wildman–Crippen MR) is 75.9 cm³/mol. The first-order chi connectivity index (χ1) is 9.08. The summed E-state index contributed by atoms with van der Waals surface area (Å²) in [7, 11) is 1.64. The Hall–Kier alpha value is -2.03. The zero-order chi connectivity index (χ0) is 14.0. The second kappa shape index (κ2) is 5.31. The number of rotatable bonds is 4. The van der Waals surface area contributed by atoms with Gasteiger partial charge < -0.3 is 9.84 Å². The van der Waals surface area contributed by atoms with Crippen LogP contribution in [0.1, 0.15) is 30.9 Å². The third-order valence-corrected chi connectivity index (χ3v) is 3.57. The summed E-state index contributed by atoms with van der Waals surface area (Å²) in [6, 6.07) is 9.77. The largest absolute Gasteiger partial charge is 0.497 e. The van der Waals surface area contributed by atoms with Crippen molar-refractivity contribution < 1.29 is 14.6 Å². The second-order valence-electron chi connectivity index (χ2n) is 4.63. The van der Waals surface area contributed by atoms with Crippen LogP contribution in [0.2, 0.25) is 0 Å². The first kappa shape index (κ1) is 13.4. The molecule has 1 atom stereocenters. The molecule has 0 unspecified atom stereocenters. The first-order valence-electron chi connectivity index (χ1n) is 6.40. The van der Waals surface area contributed by atoms with Crippen LogP contribution in [0.4, 0.5) is 0 Å². The van der Waals surface area contributed by atoms with Crippen LogP contribution in [0.5, 0.6) is 5.75 Å². The van der Waals surface area contributed by atoms with Crippen molar-refractivity contribution in [3.63, 3.8) is 0 Å². The predicted octanol–water partition coefficient (Wildman–Crippen LogP) is 3.60. The Morgan fingerprint density at radius 1 is 1.32 bits per heavy atom. The molecule has 0 aliphatic rings. The molecule has 100 valence electrons. The molecule has 3 heteroatoms. The molecule has 1 N–H and O–H groups in total. The molecule has 0 saturated heterocycles. The van der Waals surface area contributed by atoms with E-state index in [0.29, 0.717) is 0 Å². The van der Waals surface area contributed by atoms with Gasteiger partial charge in [0.25, 0.3) is 0 Å². The molecule has 0 amide bonds. The topological polar surface area (TPSA) is 46.5 Å². The van der Waals surface area contributed by atoms with Gasteiger partial charge in [-0.3, -0.25) is 4.79 Å². The van der Waals surface area contributed by atoms with E-state index in [1.165, 1.54) is 0 Å². The molecule has 2 aromatic rings. The fraction of sp³-hybridized carbons (Fsp3) is 0.312. The minimum atomic E-state index is -0.789. The molecule has 2 rings (SSSR count). The summed E-state index contributed by atoms with van der Waals surface area (Å²) < 4.78 is 5.22. The fourth-order valence-corrected chi connectivity index (χ4v) is 2.45. The van der Waals surface area contributed by atoms with Crippen molar-refractivity contribution in [2.24, 2.45) is 0 Å². The molecular weight excluding hydrogens is 240 g/mol. The van der Waals surface area contributed by atoms with E-state index in [-0.39, 0.29) is 0 Å². The SMILES string of the molecule is CCc1c([C@H](C)C(=O)O)ccc2cc(OC)ccc12. The maximum absolute atomic E-state index is 11.2. The first-order valence-corrected chi connectivity index (χ1v) is 6.40. The van der Waals surface area contributed by atoms with Crippen molar-refractivity contribution in [2.75, 3.05) is 7.11 Å². The van der Waals surface area contributed by atoms with Crippen molar-refractivity contribution in [2.45, 2.75) is 26.2 Å². The Balaban J connectivity index is 2.66. The lowest BCUT2D eigenvalue weighted by atomic mass is 9.90. The highest BCUT2D eigenvalue weighted by atomic mass is 16.5. The number of fused-ring (bicyclic) bond motifs is 1. The van der Waals surface area contributed by atoms with Crippen molar-refractivity contribution in [3.8, 4) is 5.75 Å². The summed E-state index contributed by atoms with van der Waals surface area (Å²) in [4.78, 5) is 11.2. The molecule has 19 heavy (non-hydrogen) atoms. The number of hydrogen-bond acceptors (Lipinski definition) is 2. The van der Waals surface area contributed by atoms with E-state index >= 15 is 0 Å². The summed E-state index contributed by atoms with van der Waals surface area (Å²) >= 11 is 0. The summed E-state index contributed by atoms with van der Waals surface area (Å²) in [5, 5.41) is 11.4. The molecule has 0 saturated carbocycles. The molecule has 0 aliphatic carbocycles. The summed E-state index contributed by atoms with van der Waals surface area (Å²) in [5.74, 6) is -0.461. The van der Waals surface area contributed by atoms with Crippen LogP contribution in [0.3, 0.4) is 0 Å². The summed E-state index contributed by atoms with van der Waals surface area (Å²) in [6.45, 7) is 3.78. The van der Waals surface area contributed by atoms with Crippen LogP contribution in [0, 0.1) is 0 Å². The number of carboxylic acids is 1. The number of aryl methyl sites for hydroxylation is 1. The number of benzene rings is 2. The van der Waals surface area contributed by atoms with Crippen molar-refractivity contribution in [1.82, 2.24) is 0 Å². The third-order valence-electron chi connectivity index (χ3n) is 3.57. The zero-order valence-electron chi connectivity index (χ0n) is 11.4. The molecule has 0 radical (unpaired) electrons. The highest BCUT2D eigenvalue weighted by Gasteiger charge is 2.18. The lowest BCUT2D eigenvalue weighted by molar-refractivity contribution is -0.138. The molecule has 2 aromatic carbocycles. The minimum Gasteiger partial charge on any atom is -0.497 e. The molecule has 0 aromatic heterocycles. The average Bonchev–Trinajstić information content (AvgIpc) is 2.44. The minimum absolute atomic E-state index is 0.485. The van der Waals surface area contributed by atoms with Crippen LogP contribution in [-0.2, 0) is 11.2 Å². The van der Waals surface area contributed by atoms with E-state index < -0.39 is 11.9 Å². The van der Waals surface area contributed by atoms with Crippen LogP contribution in [-0.4, -0.2) is 18.2 Å². The number of ether oxygens (including phenoxy) is 1. The number of carboxylic acid groups (broad SMARTS) is 1. The van der Waals surface area contributed by atoms with Crippen LogP contribution in [0.15, 0.2) is 30.3 Å². The van der Waals surface area contributed by atoms with Gasteiger partial charge in [-0.05, 0) is 47.4 Å². The summed E-state index contributed by atoms with van der Waals surface area (Å²) in [6.07, 6.45) is 0.816. The van der Waals surface area contributed by atoms with E-state index in [4.69, 9.17) is 4.74 Å². The van der Waals surface area contributed by atoms with E-state index in [9.17, 15) is 9.90 Å². The van der Waals surface area contributed by atoms with Gasteiger partial charge in [0, 0.05) is 0 Å². The Kier molecular flexibility index (Phi) is 3.74. The maximum atomic E-state index is 11.2. The number of carbonyl (C=O) groups is 1. The smallest absolute Gasteiger partial charge is 0.310 e. The molecule has 0 aliphatic heterocycles. The molecule has 0 fully saturated rings. The highest BCUT2D eigenvalue weighted by Crippen LogP contribution is 2.30. The third kappa shape index (κ3) is 2.41. The van der Waals surface area contributed by atoms with E-state index in [2.05, 4.69) is 6.92 Å². The maximum Gasteiger partial charge on any atom is 0.310 e. The standard InChI is InChI=1S/C16H18O3/c1-4-13-14(10(2)16(17)18)7-5-11-9-12(19-3)6-8-15(11)13/h5-10H,4H2,1-3H3,(H,17,18)/t10-/m0/s1. The monoisotopic (exact) mass is 258 g/mol. The lowest BCUT2D eigenvalue weighted by Gasteiger charge is -2.15. The van der Waals surface area contributed by atoms with E-state index in [1.807, 2.05) is 30.3 Å². The van der Waals surface area contributed by atoms with Gasteiger partial charge in [-0.15, -0.1) is 0 Å². The van der Waals surface area contributed by atoms with Crippen molar-refractivity contribution >= 4 is 16.7 Å². The molecular formula is C16H18O3. The van der Waals surface area contributed by atoms with E-state index in [1.54, 1.807) is 14.0 Å². The molecule has 0 heterocycles. The van der Waals surface area contributed by atoms with Gasteiger partial charge in [-0.2, -0.15) is 0 Å². The van der Waals surface area contributed by atoms with Gasteiger partial charge >= 0.3 is 5.97 Å². The Bertz CT molecular complexity index is 617. The van der Waals surface area contributed by atoms with Gasteiger partial charge in [0.05, 0.1) is 13.0 Å². The average molecular weight is 258 g/mol. The van der Waals surface area contributed by atoms with Gasteiger partial charge in [-0.25, -0.2) is 0 Å². The van der Waals surface area contributed by atoms with E-state index in [0.717, 1.165) is 34.1 Å².